The number of rotatable bonds is 4. The van der Waals surface area contributed by atoms with Gasteiger partial charge in [0.2, 0.25) is 0 Å². The number of hydrogen-bond acceptors (Lipinski definition) is 5. The summed E-state index contributed by atoms with van der Waals surface area (Å²) in [5, 5.41) is 1.63. The lowest BCUT2D eigenvalue weighted by molar-refractivity contribution is 0.812. The van der Waals surface area contributed by atoms with Crippen LogP contribution >= 0.6 is 11.8 Å². The molecule has 5 nitrogen and oxygen atoms in total. The van der Waals surface area contributed by atoms with Crippen LogP contribution in [0.3, 0.4) is 0 Å². The fraction of sp³-hybridized carbons (Fsp3) is 0.214. The minimum atomic E-state index is 0.502. The van der Waals surface area contributed by atoms with Crippen molar-refractivity contribution < 1.29 is 0 Å². The highest BCUT2D eigenvalue weighted by molar-refractivity contribution is 7.99. The molecule has 3 aromatic rings. The van der Waals surface area contributed by atoms with Crippen LogP contribution in [0.25, 0.3) is 11.0 Å². The van der Waals surface area contributed by atoms with E-state index in [1.807, 2.05) is 24.3 Å². The summed E-state index contributed by atoms with van der Waals surface area (Å²) in [5.74, 6) is 1.29. The van der Waals surface area contributed by atoms with E-state index < -0.39 is 0 Å². The summed E-state index contributed by atoms with van der Waals surface area (Å²) in [5.41, 5.74) is 7.79. The number of aryl methyl sites for hydroxylation is 1. The predicted molar refractivity (Wildman–Crippen MR) is 80.7 cm³/mol. The van der Waals surface area contributed by atoms with E-state index >= 15 is 0 Å². The van der Waals surface area contributed by atoms with Crippen molar-refractivity contribution in [1.82, 2.24) is 19.9 Å². The van der Waals surface area contributed by atoms with E-state index in [2.05, 4.69) is 26.9 Å². The molecule has 2 heterocycles. The summed E-state index contributed by atoms with van der Waals surface area (Å²) in [6.07, 6.45) is 1.83. The minimum Gasteiger partial charge on any atom is -0.384 e. The first-order valence-corrected chi connectivity index (χ1v) is 7.32. The summed E-state index contributed by atoms with van der Waals surface area (Å²) in [6, 6.07) is 9.71. The van der Waals surface area contributed by atoms with E-state index in [1.165, 1.54) is 11.8 Å². The molecule has 0 bridgehead atoms. The molecule has 1 aromatic carbocycles. The number of nitrogens with zero attached hydrogens (tertiary/aromatic N) is 3. The molecule has 0 aliphatic rings. The van der Waals surface area contributed by atoms with Crippen molar-refractivity contribution in [3.8, 4) is 0 Å². The molecule has 0 aliphatic heterocycles. The van der Waals surface area contributed by atoms with Crippen molar-refractivity contribution in [2.75, 3.05) is 5.73 Å². The highest BCUT2D eigenvalue weighted by Gasteiger charge is 2.08. The monoisotopic (exact) mass is 285 g/mol. The topological polar surface area (TPSA) is 80.5 Å². The highest BCUT2D eigenvalue weighted by Crippen LogP contribution is 2.26. The van der Waals surface area contributed by atoms with Gasteiger partial charge in [-0.15, -0.1) is 0 Å². The molecular formula is C14H15N5S. The maximum atomic E-state index is 5.82. The smallest absolute Gasteiger partial charge is 0.172 e. The number of nitrogens with one attached hydrogen (secondary N) is 1. The molecule has 0 spiro atoms. The third-order valence-electron chi connectivity index (χ3n) is 2.81. The van der Waals surface area contributed by atoms with Gasteiger partial charge < -0.3 is 10.7 Å². The van der Waals surface area contributed by atoms with Gasteiger partial charge in [-0.2, -0.15) is 0 Å². The Hall–Kier alpha value is -2.08. The van der Waals surface area contributed by atoms with Crippen LogP contribution in [0, 0.1) is 0 Å². The molecule has 0 radical (unpaired) electrons. The third-order valence-corrected chi connectivity index (χ3v) is 3.62. The Morgan fingerprint density at radius 1 is 1.20 bits per heavy atom. The van der Waals surface area contributed by atoms with E-state index in [4.69, 9.17) is 5.73 Å². The van der Waals surface area contributed by atoms with Crippen LogP contribution in [0.4, 0.5) is 5.82 Å². The molecule has 3 rings (SSSR count). The number of hydrogen-bond donors (Lipinski definition) is 2. The second-order valence-electron chi connectivity index (χ2n) is 4.46. The largest absolute Gasteiger partial charge is 0.384 e. The summed E-state index contributed by atoms with van der Waals surface area (Å²) < 4.78 is 0. The average Bonchev–Trinajstić information content (AvgIpc) is 2.80. The van der Waals surface area contributed by atoms with Crippen LogP contribution in [-0.4, -0.2) is 19.9 Å². The van der Waals surface area contributed by atoms with E-state index in [0.29, 0.717) is 5.82 Å². The third kappa shape index (κ3) is 2.75. The lowest BCUT2D eigenvalue weighted by atomic mass is 10.3. The van der Waals surface area contributed by atoms with Crippen LogP contribution in [0.15, 0.2) is 40.5 Å². The molecule has 0 saturated carbocycles. The molecule has 0 unspecified atom stereocenters. The van der Waals surface area contributed by atoms with E-state index in [0.717, 1.165) is 39.9 Å². The molecule has 0 saturated heterocycles. The Bertz CT molecular complexity index is 704. The van der Waals surface area contributed by atoms with E-state index in [-0.39, 0.29) is 0 Å². The molecule has 2 aromatic heterocycles. The first kappa shape index (κ1) is 12.9. The normalized spacial score (nSPS) is 11.1. The number of H-pyrrole nitrogens is 1. The van der Waals surface area contributed by atoms with Gasteiger partial charge in [0.25, 0.3) is 0 Å². The summed E-state index contributed by atoms with van der Waals surface area (Å²) in [7, 11) is 0. The number of nitrogens with two attached hydrogens (primary N) is 1. The summed E-state index contributed by atoms with van der Waals surface area (Å²) in [4.78, 5) is 16.5. The Labute approximate surface area is 121 Å². The highest BCUT2D eigenvalue weighted by atomic mass is 32.2. The Kier molecular flexibility index (Phi) is 3.56. The first-order valence-electron chi connectivity index (χ1n) is 6.50. The van der Waals surface area contributed by atoms with E-state index in [9.17, 15) is 0 Å². The molecule has 102 valence electrons. The number of imidazole rings is 1. The first-order chi connectivity index (χ1) is 9.74. The van der Waals surface area contributed by atoms with Gasteiger partial charge in [0.1, 0.15) is 16.7 Å². The molecule has 3 N–H and O–H groups in total. The zero-order valence-corrected chi connectivity index (χ0v) is 11.9. The predicted octanol–water partition coefficient (Wildman–Crippen LogP) is 3.04. The second-order valence-corrected chi connectivity index (χ2v) is 5.47. The zero-order chi connectivity index (χ0) is 13.9. The quantitative estimate of drug-likeness (QED) is 0.720. The number of fused-ring (bicyclic) bond motifs is 1. The Morgan fingerprint density at radius 3 is 2.85 bits per heavy atom. The maximum absolute atomic E-state index is 5.82. The van der Waals surface area contributed by atoms with Gasteiger partial charge in [-0.1, -0.05) is 19.1 Å². The van der Waals surface area contributed by atoms with Gasteiger partial charge in [-0.3, -0.25) is 0 Å². The van der Waals surface area contributed by atoms with Gasteiger partial charge in [0, 0.05) is 12.5 Å². The van der Waals surface area contributed by atoms with Crippen LogP contribution in [0.5, 0.6) is 0 Å². The number of benzene rings is 1. The van der Waals surface area contributed by atoms with Crippen molar-refractivity contribution in [1.29, 1.82) is 0 Å². The molecular weight excluding hydrogens is 270 g/mol. The van der Waals surface area contributed by atoms with Gasteiger partial charge in [-0.05, 0) is 30.3 Å². The van der Waals surface area contributed by atoms with Crippen molar-refractivity contribution in [2.24, 2.45) is 0 Å². The van der Waals surface area contributed by atoms with Crippen LogP contribution in [0.1, 0.15) is 19.2 Å². The maximum Gasteiger partial charge on any atom is 0.172 e. The van der Waals surface area contributed by atoms with Crippen molar-refractivity contribution >= 4 is 28.6 Å². The number of nitrogen functional groups attached to an aromatic ring is 1. The minimum absolute atomic E-state index is 0.502. The number of anilines is 1. The molecule has 0 fully saturated rings. The number of aromatic amines is 1. The van der Waals surface area contributed by atoms with Crippen LogP contribution < -0.4 is 5.73 Å². The fourth-order valence-corrected chi connectivity index (χ4v) is 2.79. The molecule has 0 aliphatic carbocycles. The molecule has 20 heavy (non-hydrogen) atoms. The number of aromatic nitrogens is 4. The standard InChI is InChI=1S/C14H15N5S/c1-2-5-12-18-11(15)8-13(19-12)20-14-16-9-6-3-4-7-10(9)17-14/h3-4,6-8H,2,5H2,1H3,(H,16,17)(H2,15,18,19). The van der Waals surface area contributed by atoms with Crippen LogP contribution in [0.2, 0.25) is 0 Å². The van der Waals surface area contributed by atoms with Crippen molar-refractivity contribution in [2.45, 2.75) is 29.9 Å². The summed E-state index contributed by atoms with van der Waals surface area (Å²) >= 11 is 1.47. The number of para-hydroxylation sites is 2. The average molecular weight is 285 g/mol. The lowest BCUT2D eigenvalue weighted by Crippen LogP contribution is -2.00. The summed E-state index contributed by atoms with van der Waals surface area (Å²) in [6.45, 7) is 2.10. The van der Waals surface area contributed by atoms with Gasteiger partial charge >= 0.3 is 0 Å². The Balaban J connectivity index is 1.90. The van der Waals surface area contributed by atoms with E-state index in [1.54, 1.807) is 6.07 Å². The lowest BCUT2D eigenvalue weighted by Gasteiger charge is -2.03. The molecule has 6 heteroatoms. The van der Waals surface area contributed by atoms with Gasteiger partial charge in [-0.25, -0.2) is 15.0 Å². The zero-order valence-electron chi connectivity index (χ0n) is 11.1. The fourth-order valence-electron chi connectivity index (χ4n) is 1.96. The molecule has 0 amide bonds. The Morgan fingerprint density at radius 2 is 2.05 bits per heavy atom. The SMILES string of the molecule is CCCc1nc(N)cc(Sc2nc3ccccc3[nH]2)n1. The van der Waals surface area contributed by atoms with Gasteiger partial charge in [0.05, 0.1) is 11.0 Å². The van der Waals surface area contributed by atoms with Crippen molar-refractivity contribution in [3.63, 3.8) is 0 Å². The van der Waals surface area contributed by atoms with Crippen LogP contribution in [-0.2, 0) is 6.42 Å². The van der Waals surface area contributed by atoms with Crippen molar-refractivity contribution in [3.05, 3.63) is 36.2 Å². The van der Waals surface area contributed by atoms with Gasteiger partial charge in [0.15, 0.2) is 5.16 Å². The molecule has 0 atom stereocenters. The second kappa shape index (κ2) is 5.50.